The molecule has 1 nitrogen and oxygen atoms in total. The number of ketones is 1. The Bertz CT molecular complexity index is 558. The molecule has 0 bridgehead atoms. The summed E-state index contributed by atoms with van der Waals surface area (Å²) in [6.07, 6.45) is 12.3. The number of Topliss-reactive ketones (excluding diaryl/α,β-unsaturated/α-hetero) is 1. The minimum absolute atomic E-state index is 0.290. The molecule has 0 amide bonds. The predicted molar refractivity (Wildman–Crippen MR) is 108 cm³/mol. The highest BCUT2D eigenvalue weighted by Gasteiger charge is 2.63. The molecule has 0 aromatic carbocycles. The summed E-state index contributed by atoms with van der Waals surface area (Å²) < 4.78 is 0. The van der Waals surface area contributed by atoms with Gasteiger partial charge in [0.1, 0.15) is 5.78 Å². The first-order valence-electron chi connectivity index (χ1n) is 10.8. The molecule has 25 heavy (non-hydrogen) atoms. The van der Waals surface area contributed by atoms with Crippen molar-refractivity contribution in [3.8, 4) is 0 Å². The lowest BCUT2D eigenvalue weighted by molar-refractivity contribution is -0.162. The Labute approximate surface area is 163 Å². The number of hydrogen-bond donors (Lipinski definition) is 0. The van der Waals surface area contributed by atoms with E-state index >= 15 is 0 Å². The quantitative estimate of drug-likeness (QED) is 0.468. The van der Waals surface area contributed by atoms with Gasteiger partial charge in [0.2, 0.25) is 0 Å². The number of fused-ring (bicyclic) bond motifs is 5. The fourth-order valence-corrected chi connectivity index (χ4v) is 8.95. The van der Waals surface area contributed by atoms with E-state index in [0.717, 1.165) is 30.1 Å². The van der Waals surface area contributed by atoms with Gasteiger partial charge in [-0.3, -0.25) is 4.79 Å². The summed E-state index contributed by atoms with van der Waals surface area (Å²) in [7, 11) is 0. The van der Waals surface area contributed by atoms with Crippen LogP contribution in [0.4, 0.5) is 0 Å². The minimum Gasteiger partial charge on any atom is -0.298 e. The van der Waals surface area contributed by atoms with Crippen LogP contribution in [0.5, 0.6) is 0 Å². The van der Waals surface area contributed by atoms with Gasteiger partial charge < -0.3 is 0 Å². The first-order valence-corrected chi connectivity index (χ1v) is 12.0. The van der Waals surface area contributed by atoms with Crippen LogP contribution in [0.25, 0.3) is 0 Å². The van der Waals surface area contributed by atoms with E-state index in [1.807, 2.05) is 0 Å². The lowest BCUT2D eigenvalue weighted by Gasteiger charge is -2.65. The smallest absolute Gasteiger partial charge is 0.147 e. The summed E-state index contributed by atoms with van der Waals surface area (Å²) in [5.41, 5.74) is 1.39. The number of alkyl halides is 1. The van der Waals surface area contributed by atoms with E-state index in [9.17, 15) is 4.79 Å². The molecule has 8 unspecified atom stereocenters. The minimum atomic E-state index is 0.290. The molecule has 4 saturated carbocycles. The third-order valence-corrected chi connectivity index (χ3v) is 10.7. The van der Waals surface area contributed by atoms with Crippen LogP contribution in [0.2, 0.25) is 0 Å². The van der Waals surface area contributed by atoms with E-state index < -0.39 is 0 Å². The van der Waals surface area contributed by atoms with Crippen molar-refractivity contribution in [1.29, 1.82) is 0 Å². The molecule has 4 aliphatic rings. The molecule has 4 rings (SSSR count). The van der Waals surface area contributed by atoms with Crippen molar-refractivity contribution in [2.24, 2.45) is 45.8 Å². The van der Waals surface area contributed by atoms with Crippen molar-refractivity contribution in [2.45, 2.75) is 85.5 Å². The maximum atomic E-state index is 12.6. The van der Waals surface area contributed by atoms with E-state index in [0.29, 0.717) is 27.9 Å². The molecule has 0 aliphatic heterocycles. The Morgan fingerprint density at radius 1 is 0.960 bits per heavy atom. The predicted octanol–water partition coefficient (Wildman–Crippen LogP) is 6.64. The number of carbonyl (C=O) groups is 1. The lowest BCUT2D eigenvalue weighted by Crippen LogP contribution is -2.57. The molecule has 142 valence electrons. The van der Waals surface area contributed by atoms with Gasteiger partial charge in [0.15, 0.2) is 0 Å². The van der Waals surface area contributed by atoms with Crippen LogP contribution in [0.15, 0.2) is 0 Å². The standard InChI is InChI=1S/C23H37BrO/c1-15-7-12-23(4)18-9-11-22(3)17(5-6-19(22)20(25)14-24)16(18)8-10-21(23,2)13-15/h15-19H,5-14H2,1-4H3. The fraction of sp³-hybridized carbons (Fsp3) is 0.957. The molecule has 0 heterocycles. The van der Waals surface area contributed by atoms with Gasteiger partial charge in [0.05, 0.1) is 5.33 Å². The third kappa shape index (κ3) is 2.48. The Balaban J connectivity index is 1.63. The summed E-state index contributed by atoms with van der Waals surface area (Å²) in [5.74, 6) is 4.32. The van der Waals surface area contributed by atoms with Crippen molar-refractivity contribution >= 4 is 21.7 Å². The van der Waals surface area contributed by atoms with Crippen LogP contribution >= 0.6 is 15.9 Å². The molecule has 2 heteroatoms. The van der Waals surface area contributed by atoms with Crippen LogP contribution in [0.1, 0.15) is 85.5 Å². The van der Waals surface area contributed by atoms with E-state index in [-0.39, 0.29) is 5.41 Å². The molecule has 0 aromatic heterocycles. The third-order valence-electron chi connectivity index (χ3n) is 10.1. The first-order chi connectivity index (χ1) is 11.7. The Hall–Kier alpha value is 0.150. The molecular formula is C23H37BrO. The van der Waals surface area contributed by atoms with E-state index in [4.69, 9.17) is 0 Å². The second-order valence-corrected chi connectivity index (χ2v) is 11.6. The molecule has 0 radical (unpaired) electrons. The molecule has 0 spiro atoms. The second kappa shape index (κ2) is 6.08. The topological polar surface area (TPSA) is 17.1 Å². The van der Waals surface area contributed by atoms with Crippen LogP contribution in [-0.2, 0) is 4.79 Å². The zero-order valence-corrected chi connectivity index (χ0v) is 18.3. The van der Waals surface area contributed by atoms with Gasteiger partial charge >= 0.3 is 0 Å². The number of rotatable bonds is 2. The van der Waals surface area contributed by atoms with Crippen LogP contribution < -0.4 is 0 Å². The summed E-state index contributed by atoms with van der Waals surface area (Å²) in [4.78, 5) is 12.6. The fourth-order valence-electron chi connectivity index (χ4n) is 8.56. The molecule has 0 aromatic rings. The second-order valence-electron chi connectivity index (χ2n) is 11.0. The summed E-state index contributed by atoms with van der Waals surface area (Å²) in [5, 5.41) is 0.557. The molecule has 8 atom stereocenters. The van der Waals surface area contributed by atoms with Crippen LogP contribution in [0, 0.1) is 45.8 Å². The van der Waals surface area contributed by atoms with E-state index in [2.05, 4.69) is 43.6 Å². The molecule has 4 aliphatic carbocycles. The highest BCUT2D eigenvalue weighted by Crippen LogP contribution is 2.71. The average Bonchev–Trinajstić information content (AvgIpc) is 2.92. The number of halogens is 1. The maximum Gasteiger partial charge on any atom is 0.147 e. The largest absolute Gasteiger partial charge is 0.298 e. The molecule has 0 saturated heterocycles. The molecule has 4 fully saturated rings. The number of hydrogen-bond acceptors (Lipinski definition) is 1. The van der Waals surface area contributed by atoms with E-state index in [1.54, 1.807) is 0 Å². The highest BCUT2D eigenvalue weighted by molar-refractivity contribution is 9.09. The normalized spacial score (nSPS) is 55.2. The van der Waals surface area contributed by atoms with Crippen LogP contribution in [0.3, 0.4) is 0 Å². The van der Waals surface area contributed by atoms with Gasteiger partial charge in [0.25, 0.3) is 0 Å². The van der Waals surface area contributed by atoms with Gasteiger partial charge in [-0.2, -0.15) is 0 Å². The van der Waals surface area contributed by atoms with Crippen LogP contribution in [-0.4, -0.2) is 11.1 Å². The highest BCUT2D eigenvalue weighted by atomic mass is 79.9. The monoisotopic (exact) mass is 408 g/mol. The molecule has 0 N–H and O–H groups in total. The Kier molecular flexibility index (Phi) is 4.50. The lowest BCUT2D eigenvalue weighted by atomic mass is 9.40. The van der Waals surface area contributed by atoms with Crippen molar-refractivity contribution in [3.63, 3.8) is 0 Å². The molecular weight excluding hydrogens is 372 g/mol. The van der Waals surface area contributed by atoms with Crippen molar-refractivity contribution in [3.05, 3.63) is 0 Å². The van der Waals surface area contributed by atoms with Crippen molar-refractivity contribution < 1.29 is 4.79 Å². The van der Waals surface area contributed by atoms with Gasteiger partial charge in [-0.15, -0.1) is 0 Å². The Morgan fingerprint density at radius 3 is 2.44 bits per heavy atom. The van der Waals surface area contributed by atoms with Crippen molar-refractivity contribution in [2.75, 3.05) is 5.33 Å². The van der Waals surface area contributed by atoms with Gasteiger partial charge in [-0.05, 0) is 91.3 Å². The van der Waals surface area contributed by atoms with Gasteiger partial charge in [0, 0.05) is 5.92 Å². The maximum absolute atomic E-state index is 12.6. The average molecular weight is 409 g/mol. The number of carbonyl (C=O) groups excluding carboxylic acids is 1. The van der Waals surface area contributed by atoms with Crippen molar-refractivity contribution in [1.82, 2.24) is 0 Å². The summed E-state index contributed by atoms with van der Waals surface area (Å²) in [6, 6.07) is 0. The van der Waals surface area contributed by atoms with Gasteiger partial charge in [-0.25, -0.2) is 0 Å². The summed E-state index contributed by atoms with van der Waals surface area (Å²) in [6.45, 7) is 10.2. The zero-order valence-electron chi connectivity index (χ0n) is 16.7. The van der Waals surface area contributed by atoms with E-state index in [1.165, 1.54) is 51.4 Å². The SMILES string of the molecule is CC1CCC2(C)C3CCC4(C)C(C(=O)CBr)CCC4C3CCC2(C)C1. The Morgan fingerprint density at radius 2 is 1.72 bits per heavy atom. The van der Waals surface area contributed by atoms with Gasteiger partial charge in [-0.1, -0.05) is 50.0 Å². The first kappa shape index (κ1) is 18.5. The zero-order chi connectivity index (χ0) is 18.0. The summed E-state index contributed by atoms with van der Waals surface area (Å²) >= 11 is 3.45.